The van der Waals surface area contributed by atoms with Gasteiger partial charge in [0.2, 0.25) is 0 Å². The van der Waals surface area contributed by atoms with E-state index in [0.29, 0.717) is 0 Å². The highest BCUT2D eigenvalue weighted by atomic mass is 33.5. The van der Waals surface area contributed by atoms with E-state index in [9.17, 15) is 0 Å². The average Bonchev–Trinajstić information content (AvgIpc) is 2.74. The van der Waals surface area contributed by atoms with Crippen molar-refractivity contribution in [1.82, 2.24) is 0 Å². The maximum Gasteiger partial charge on any atom is 0.00451 e. The zero-order valence-corrected chi connectivity index (χ0v) is 22.6. The molecule has 3 heteroatoms. The summed E-state index contributed by atoms with van der Waals surface area (Å²) >= 11 is 0. The fourth-order valence-corrected chi connectivity index (χ4v) is 7.76. The summed E-state index contributed by atoms with van der Waals surface area (Å²) in [4.78, 5) is 0. The molecule has 0 amide bonds. The van der Waals surface area contributed by atoms with Gasteiger partial charge in [-0.3, -0.25) is 0 Å². The highest BCUT2D eigenvalue weighted by Crippen LogP contribution is 2.35. The SMILES string of the molecule is CCCCCCCCCCCCCSSSCCCCCCCCCCCCC. The van der Waals surface area contributed by atoms with Crippen LogP contribution in [0, 0.1) is 0 Å². The Morgan fingerprint density at radius 3 is 0.828 bits per heavy atom. The average molecular weight is 463 g/mol. The summed E-state index contributed by atoms with van der Waals surface area (Å²) in [5.74, 6) is 2.71. The monoisotopic (exact) mass is 462 g/mol. The summed E-state index contributed by atoms with van der Waals surface area (Å²) in [7, 11) is 6.24. The molecule has 0 bridgehead atoms. The highest BCUT2D eigenvalue weighted by molar-refractivity contribution is 9.09. The van der Waals surface area contributed by atoms with Crippen LogP contribution in [0.2, 0.25) is 0 Å². The van der Waals surface area contributed by atoms with E-state index in [2.05, 4.69) is 35.4 Å². The van der Waals surface area contributed by atoms with E-state index < -0.39 is 0 Å². The van der Waals surface area contributed by atoms with E-state index in [1.54, 1.807) is 0 Å². The van der Waals surface area contributed by atoms with Gasteiger partial charge in [-0.2, -0.15) is 0 Å². The van der Waals surface area contributed by atoms with E-state index in [1.165, 1.54) is 153 Å². The zero-order chi connectivity index (χ0) is 21.1. The van der Waals surface area contributed by atoms with Gasteiger partial charge in [0.05, 0.1) is 0 Å². The first kappa shape index (κ1) is 30.0. The van der Waals surface area contributed by atoms with Gasteiger partial charge in [-0.05, 0) is 22.7 Å². The molecule has 0 saturated heterocycles. The molecule has 0 fully saturated rings. The Morgan fingerprint density at radius 2 is 0.552 bits per heavy atom. The molecule has 0 unspecified atom stereocenters. The normalized spacial score (nSPS) is 11.4. The molecule has 0 N–H and O–H groups in total. The Morgan fingerprint density at radius 1 is 0.310 bits per heavy atom. The highest BCUT2D eigenvalue weighted by Gasteiger charge is 1.96. The Balaban J connectivity index is 2.97. The first-order chi connectivity index (χ1) is 14.4. The molecule has 0 radical (unpaired) electrons. The number of hydrogen-bond acceptors (Lipinski definition) is 3. The van der Waals surface area contributed by atoms with Gasteiger partial charge in [-0.25, -0.2) is 0 Å². The minimum Gasteiger partial charge on any atom is -0.0826 e. The van der Waals surface area contributed by atoms with Crippen molar-refractivity contribution in [2.24, 2.45) is 0 Å². The van der Waals surface area contributed by atoms with E-state index in [-0.39, 0.29) is 0 Å². The van der Waals surface area contributed by atoms with Gasteiger partial charge in [0.1, 0.15) is 0 Å². The summed E-state index contributed by atoms with van der Waals surface area (Å²) in [5.41, 5.74) is 0. The molecule has 176 valence electrons. The topological polar surface area (TPSA) is 0 Å². The lowest BCUT2D eigenvalue weighted by Crippen LogP contribution is -1.83. The minimum absolute atomic E-state index is 1.35. The van der Waals surface area contributed by atoms with Crippen molar-refractivity contribution in [3.05, 3.63) is 0 Å². The maximum absolute atomic E-state index is 2.30. The molecule has 0 atom stereocenters. The van der Waals surface area contributed by atoms with Crippen LogP contribution < -0.4 is 0 Å². The first-order valence-electron chi connectivity index (χ1n) is 13.3. The Bertz CT molecular complexity index is 245. The Labute approximate surface area is 197 Å². The number of rotatable bonds is 26. The molecule has 0 aromatic rings. The fourth-order valence-electron chi connectivity index (χ4n) is 3.75. The van der Waals surface area contributed by atoms with Gasteiger partial charge >= 0.3 is 0 Å². The smallest absolute Gasteiger partial charge is 0.00451 e. The molecule has 0 rings (SSSR count). The predicted molar refractivity (Wildman–Crippen MR) is 145 cm³/mol. The van der Waals surface area contributed by atoms with Crippen LogP contribution in [0.15, 0.2) is 0 Å². The molecule has 0 saturated carbocycles. The van der Waals surface area contributed by atoms with Crippen LogP contribution in [-0.4, -0.2) is 11.5 Å². The summed E-state index contributed by atoms with van der Waals surface area (Å²) in [5, 5.41) is 0. The van der Waals surface area contributed by atoms with Gasteiger partial charge in [0.15, 0.2) is 0 Å². The van der Waals surface area contributed by atoms with Crippen LogP contribution in [-0.2, 0) is 0 Å². The first-order valence-corrected chi connectivity index (χ1v) is 17.1. The maximum atomic E-state index is 2.30. The van der Waals surface area contributed by atoms with Gasteiger partial charge < -0.3 is 0 Å². The van der Waals surface area contributed by atoms with Crippen molar-refractivity contribution in [3.63, 3.8) is 0 Å². The van der Waals surface area contributed by atoms with Crippen molar-refractivity contribution >= 4 is 31.4 Å². The Kier molecular flexibility index (Phi) is 30.1. The largest absolute Gasteiger partial charge is 0.0826 e. The predicted octanol–water partition coefficient (Wildman–Crippen LogP) is 11.6. The minimum atomic E-state index is 1.35. The van der Waals surface area contributed by atoms with Crippen LogP contribution in [0.25, 0.3) is 0 Å². The number of hydrogen-bond donors (Lipinski definition) is 0. The summed E-state index contributed by atoms with van der Waals surface area (Å²) < 4.78 is 0. The summed E-state index contributed by atoms with van der Waals surface area (Å²) in [6.45, 7) is 4.60. The quantitative estimate of drug-likeness (QED) is 0.0926. The second kappa shape index (κ2) is 29.1. The van der Waals surface area contributed by atoms with Crippen LogP contribution in [0.4, 0.5) is 0 Å². The third kappa shape index (κ3) is 29.1. The lowest BCUT2D eigenvalue weighted by Gasteiger charge is -2.04. The van der Waals surface area contributed by atoms with Gasteiger partial charge in [-0.15, -0.1) is 0 Å². The van der Waals surface area contributed by atoms with Crippen LogP contribution in [0.1, 0.15) is 155 Å². The second-order valence-electron chi connectivity index (χ2n) is 8.78. The molecule has 0 aliphatic rings. The van der Waals surface area contributed by atoms with Crippen LogP contribution in [0.5, 0.6) is 0 Å². The fraction of sp³-hybridized carbons (Fsp3) is 1.00. The van der Waals surface area contributed by atoms with Crippen molar-refractivity contribution in [1.29, 1.82) is 0 Å². The molecular weight excluding hydrogens is 408 g/mol. The third-order valence-electron chi connectivity index (χ3n) is 5.76. The molecular formula is C26H54S3. The lowest BCUT2D eigenvalue weighted by atomic mass is 10.1. The lowest BCUT2D eigenvalue weighted by molar-refractivity contribution is 0.555. The zero-order valence-electron chi connectivity index (χ0n) is 20.2. The van der Waals surface area contributed by atoms with Gasteiger partial charge in [-0.1, -0.05) is 164 Å². The molecule has 0 heterocycles. The van der Waals surface area contributed by atoms with Crippen molar-refractivity contribution in [2.45, 2.75) is 155 Å². The molecule has 0 aromatic heterocycles. The van der Waals surface area contributed by atoms with E-state index in [4.69, 9.17) is 0 Å². The van der Waals surface area contributed by atoms with Gasteiger partial charge in [0, 0.05) is 11.5 Å². The van der Waals surface area contributed by atoms with E-state index in [1.807, 2.05) is 9.83 Å². The summed E-state index contributed by atoms with van der Waals surface area (Å²) in [6.07, 6.45) is 32.0. The van der Waals surface area contributed by atoms with E-state index >= 15 is 0 Å². The van der Waals surface area contributed by atoms with Crippen LogP contribution >= 0.6 is 31.4 Å². The molecule has 0 nitrogen and oxygen atoms in total. The second-order valence-corrected chi connectivity index (χ2v) is 13.3. The van der Waals surface area contributed by atoms with Crippen molar-refractivity contribution in [2.75, 3.05) is 11.5 Å². The molecule has 0 spiro atoms. The molecule has 0 aromatic carbocycles. The summed E-state index contributed by atoms with van der Waals surface area (Å²) in [6, 6.07) is 0. The van der Waals surface area contributed by atoms with Crippen molar-refractivity contribution in [3.8, 4) is 0 Å². The Hall–Kier alpha value is 1.05. The number of unbranched alkanes of at least 4 members (excludes halogenated alkanes) is 20. The van der Waals surface area contributed by atoms with Crippen LogP contribution in [0.3, 0.4) is 0 Å². The molecule has 29 heavy (non-hydrogen) atoms. The standard InChI is InChI=1S/C26H54S3/c1-3-5-7-9-11-13-15-17-19-21-23-25-27-29-28-26-24-22-20-18-16-14-12-10-8-6-4-2/h3-26H2,1-2H3. The van der Waals surface area contributed by atoms with E-state index in [0.717, 1.165) is 0 Å². The third-order valence-corrected chi connectivity index (χ3v) is 10.2. The molecule has 0 aliphatic heterocycles. The molecule has 0 aliphatic carbocycles. The van der Waals surface area contributed by atoms with Gasteiger partial charge in [0.25, 0.3) is 0 Å². The van der Waals surface area contributed by atoms with Crippen molar-refractivity contribution < 1.29 is 0 Å².